The minimum atomic E-state index is -0.985. The Morgan fingerprint density at radius 1 is 1.29 bits per heavy atom. The first kappa shape index (κ1) is 13.2. The molecule has 2 aromatic carbocycles. The lowest BCUT2D eigenvalue weighted by molar-refractivity contribution is 0.0696. The first-order valence-corrected chi connectivity index (χ1v) is 6.44. The first-order chi connectivity index (χ1) is 10.1. The van der Waals surface area contributed by atoms with Gasteiger partial charge in [0.1, 0.15) is 11.3 Å². The Hall–Kier alpha value is -2.82. The van der Waals surface area contributed by atoms with E-state index in [4.69, 9.17) is 14.3 Å². The van der Waals surface area contributed by atoms with Crippen LogP contribution in [0.3, 0.4) is 0 Å². The second-order valence-electron chi connectivity index (χ2n) is 4.65. The number of hydrogen-bond donors (Lipinski definition) is 1. The number of para-hydroxylation sites is 2. The number of ether oxygens (including phenoxy) is 1. The molecule has 0 saturated carbocycles. The van der Waals surface area contributed by atoms with Crippen LogP contribution in [0.25, 0.3) is 11.1 Å². The summed E-state index contributed by atoms with van der Waals surface area (Å²) in [6.45, 7) is 2.01. The molecule has 1 N–H and O–H groups in total. The number of oxazole rings is 1. The summed E-state index contributed by atoms with van der Waals surface area (Å²) in [4.78, 5) is 15.3. The highest BCUT2D eigenvalue weighted by Gasteiger charge is 2.10. The average molecular weight is 283 g/mol. The summed E-state index contributed by atoms with van der Waals surface area (Å²) in [5.74, 6) is -0.0183. The normalized spacial score (nSPS) is 10.7. The zero-order valence-electron chi connectivity index (χ0n) is 11.4. The third kappa shape index (κ3) is 2.72. The molecule has 5 heteroatoms. The van der Waals surface area contributed by atoms with Crippen LogP contribution in [0.1, 0.15) is 21.8 Å². The number of nitrogens with zero attached hydrogens (tertiary/aromatic N) is 1. The molecular formula is C16H13NO4. The molecule has 0 bridgehead atoms. The molecule has 0 aliphatic carbocycles. The highest BCUT2D eigenvalue weighted by molar-refractivity contribution is 5.88. The fourth-order valence-electron chi connectivity index (χ4n) is 2.01. The number of aromatic carboxylic acids is 1. The Kier molecular flexibility index (Phi) is 3.31. The number of aryl methyl sites for hydroxylation is 1. The number of carboxylic acid groups (broad SMARTS) is 1. The van der Waals surface area contributed by atoms with E-state index < -0.39 is 5.97 Å². The SMILES string of the molecule is Cc1ccc(C(=O)O)cc1OCc1nc2ccccc2o1. The molecule has 1 heterocycles. The lowest BCUT2D eigenvalue weighted by atomic mass is 10.1. The van der Waals surface area contributed by atoms with Crippen LogP contribution in [-0.4, -0.2) is 16.1 Å². The number of carboxylic acids is 1. The molecule has 5 nitrogen and oxygen atoms in total. The number of benzene rings is 2. The van der Waals surface area contributed by atoms with Gasteiger partial charge in [0.15, 0.2) is 12.2 Å². The predicted octanol–water partition coefficient (Wildman–Crippen LogP) is 3.41. The van der Waals surface area contributed by atoms with Crippen molar-refractivity contribution in [2.24, 2.45) is 0 Å². The maximum atomic E-state index is 11.0. The van der Waals surface area contributed by atoms with Crippen LogP contribution in [0.4, 0.5) is 0 Å². The molecule has 0 aliphatic heterocycles. The second kappa shape index (κ2) is 5.28. The van der Waals surface area contributed by atoms with Gasteiger partial charge in [0, 0.05) is 0 Å². The smallest absolute Gasteiger partial charge is 0.335 e. The number of rotatable bonds is 4. The van der Waals surface area contributed by atoms with Crippen LogP contribution in [0.2, 0.25) is 0 Å². The molecule has 0 amide bonds. The van der Waals surface area contributed by atoms with Crippen molar-refractivity contribution in [3.63, 3.8) is 0 Å². The summed E-state index contributed by atoms with van der Waals surface area (Å²) in [5.41, 5.74) is 2.52. The fourth-order valence-corrected chi connectivity index (χ4v) is 2.01. The molecule has 0 unspecified atom stereocenters. The number of fused-ring (bicyclic) bond motifs is 1. The van der Waals surface area contributed by atoms with E-state index in [0.29, 0.717) is 17.2 Å². The van der Waals surface area contributed by atoms with E-state index in [9.17, 15) is 4.79 Å². The molecule has 3 rings (SSSR count). The minimum Gasteiger partial charge on any atom is -0.484 e. The Balaban J connectivity index is 1.80. The molecule has 106 valence electrons. The summed E-state index contributed by atoms with van der Waals surface area (Å²) in [6.07, 6.45) is 0. The summed E-state index contributed by atoms with van der Waals surface area (Å²) < 4.78 is 11.2. The molecule has 21 heavy (non-hydrogen) atoms. The minimum absolute atomic E-state index is 0.151. The molecule has 0 fully saturated rings. The van der Waals surface area contributed by atoms with Gasteiger partial charge in [-0.25, -0.2) is 9.78 Å². The Bertz CT molecular complexity index is 774. The van der Waals surface area contributed by atoms with Gasteiger partial charge in [0.05, 0.1) is 5.56 Å². The molecule has 1 aromatic heterocycles. The fraction of sp³-hybridized carbons (Fsp3) is 0.125. The standard InChI is InChI=1S/C16H13NO4/c1-10-6-7-11(16(18)19)8-14(10)20-9-15-17-12-4-2-3-5-13(12)21-15/h2-8H,9H2,1H3,(H,18,19). The Morgan fingerprint density at radius 3 is 2.86 bits per heavy atom. The van der Waals surface area contributed by atoms with Crippen molar-refractivity contribution in [2.75, 3.05) is 0 Å². The lowest BCUT2D eigenvalue weighted by Crippen LogP contribution is -2.01. The zero-order chi connectivity index (χ0) is 14.8. The highest BCUT2D eigenvalue weighted by atomic mass is 16.5. The predicted molar refractivity (Wildman–Crippen MR) is 76.5 cm³/mol. The maximum absolute atomic E-state index is 11.0. The van der Waals surface area contributed by atoms with E-state index in [-0.39, 0.29) is 12.2 Å². The van der Waals surface area contributed by atoms with Crippen molar-refractivity contribution in [1.82, 2.24) is 4.98 Å². The summed E-state index contributed by atoms with van der Waals surface area (Å²) in [7, 11) is 0. The van der Waals surface area contributed by atoms with Gasteiger partial charge in [0.2, 0.25) is 5.89 Å². The summed E-state index contributed by atoms with van der Waals surface area (Å²) >= 11 is 0. The van der Waals surface area contributed by atoms with E-state index in [1.165, 1.54) is 6.07 Å². The van der Waals surface area contributed by atoms with Gasteiger partial charge in [0.25, 0.3) is 0 Å². The van der Waals surface area contributed by atoms with Crippen molar-refractivity contribution >= 4 is 17.1 Å². The van der Waals surface area contributed by atoms with Gasteiger partial charge >= 0.3 is 5.97 Å². The molecule has 0 spiro atoms. The molecular weight excluding hydrogens is 270 g/mol. The number of aromatic nitrogens is 1. The van der Waals surface area contributed by atoms with Crippen LogP contribution >= 0.6 is 0 Å². The van der Waals surface area contributed by atoms with E-state index >= 15 is 0 Å². The Morgan fingerprint density at radius 2 is 2.10 bits per heavy atom. The summed E-state index contributed by atoms with van der Waals surface area (Å²) in [6, 6.07) is 12.2. The molecule has 3 aromatic rings. The molecule has 0 atom stereocenters. The van der Waals surface area contributed by atoms with Crippen molar-refractivity contribution in [3.8, 4) is 5.75 Å². The maximum Gasteiger partial charge on any atom is 0.335 e. The zero-order valence-corrected chi connectivity index (χ0v) is 11.4. The van der Waals surface area contributed by atoms with Crippen LogP contribution in [0.15, 0.2) is 46.9 Å². The van der Waals surface area contributed by atoms with Gasteiger partial charge in [-0.3, -0.25) is 0 Å². The summed E-state index contributed by atoms with van der Waals surface area (Å²) in [5, 5.41) is 8.99. The van der Waals surface area contributed by atoms with Gasteiger partial charge in [-0.2, -0.15) is 0 Å². The van der Waals surface area contributed by atoms with Crippen LogP contribution in [0, 0.1) is 6.92 Å². The molecule has 0 radical (unpaired) electrons. The topological polar surface area (TPSA) is 72.6 Å². The lowest BCUT2D eigenvalue weighted by Gasteiger charge is -2.07. The van der Waals surface area contributed by atoms with Crippen LogP contribution in [0.5, 0.6) is 5.75 Å². The highest BCUT2D eigenvalue weighted by Crippen LogP contribution is 2.22. The molecule has 0 saturated heterocycles. The van der Waals surface area contributed by atoms with Crippen molar-refractivity contribution in [2.45, 2.75) is 13.5 Å². The van der Waals surface area contributed by atoms with Gasteiger partial charge < -0.3 is 14.3 Å². The van der Waals surface area contributed by atoms with E-state index in [1.54, 1.807) is 12.1 Å². The van der Waals surface area contributed by atoms with E-state index in [0.717, 1.165) is 11.1 Å². The monoisotopic (exact) mass is 283 g/mol. The van der Waals surface area contributed by atoms with Crippen molar-refractivity contribution < 1.29 is 19.1 Å². The van der Waals surface area contributed by atoms with Crippen molar-refractivity contribution in [1.29, 1.82) is 0 Å². The Labute approximate surface area is 120 Å². The number of carbonyl (C=O) groups is 1. The third-order valence-corrected chi connectivity index (χ3v) is 3.12. The number of hydrogen-bond acceptors (Lipinski definition) is 4. The van der Waals surface area contributed by atoms with Gasteiger partial charge in [-0.15, -0.1) is 0 Å². The van der Waals surface area contributed by atoms with E-state index in [1.807, 2.05) is 31.2 Å². The second-order valence-corrected chi connectivity index (χ2v) is 4.65. The van der Waals surface area contributed by atoms with Crippen molar-refractivity contribution in [3.05, 3.63) is 59.5 Å². The average Bonchev–Trinajstić information content (AvgIpc) is 2.89. The van der Waals surface area contributed by atoms with E-state index in [2.05, 4.69) is 4.98 Å². The first-order valence-electron chi connectivity index (χ1n) is 6.44. The van der Waals surface area contributed by atoms with Crippen LogP contribution < -0.4 is 4.74 Å². The quantitative estimate of drug-likeness (QED) is 0.794. The molecule has 0 aliphatic rings. The third-order valence-electron chi connectivity index (χ3n) is 3.12. The largest absolute Gasteiger partial charge is 0.484 e. The van der Waals surface area contributed by atoms with Crippen LogP contribution in [-0.2, 0) is 6.61 Å². The van der Waals surface area contributed by atoms with Gasteiger partial charge in [-0.1, -0.05) is 18.2 Å². The van der Waals surface area contributed by atoms with Gasteiger partial charge in [-0.05, 0) is 36.8 Å².